The van der Waals surface area contributed by atoms with E-state index in [1.807, 2.05) is 24.4 Å². The Bertz CT molecular complexity index is 986. The molecule has 0 fully saturated rings. The largest absolute Gasteiger partial charge is 0.484 e. The van der Waals surface area contributed by atoms with Crippen LogP contribution in [-0.4, -0.2) is 28.8 Å². The van der Waals surface area contributed by atoms with Crippen molar-refractivity contribution >= 4 is 28.8 Å². The van der Waals surface area contributed by atoms with Gasteiger partial charge in [0, 0.05) is 17.6 Å². The molecule has 0 saturated carbocycles. The summed E-state index contributed by atoms with van der Waals surface area (Å²) in [7, 11) is 0. The number of nitrogens with zero attached hydrogens (tertiary/aromatic N) is 2. The average Bonchev–Trinajstić information content (AvgIpc) is 3.19. The van der Waals surface area contributed by atoms with E-state index in [1.54, 1.807) is 35.6 Å². The van der Waals surface area contributed by atoms with E-state index in [9.17, 15) is 9.59 Å². The zero-order valence-corrected chi connectivity index (χ0v) is 16.2. The van der Waals surface area contributed by atoms with Gasteiger partial charge in [-0.05, 0) is 48.2 Å². The Labute approximate surface area is 165 Å². The Balaban J connectivity index is 1.50. The first kappa shape index (κ1) is 19.1. The second kappa shape index (κ2) is 8.83. The normalized spacial score (nSPS) is 10.6. The van der Waals surface area contributed by atoms with Gasteiger partial charge in [0.15, 0.2) is 6.61 Å². The molecule has 0 spiro atoms. The van der Waals surface area contributed by atoms with Crippen LogP contribution in [0.3, 0.4) is 0 Å². The zero-order chi connectivity index (χ0) is 19.2. The van der Waals surface area contributed by atoms with Crippen molar-refractivity contribution in [3.05, 3.63) is 68.8 Å². The molecule has 0 aliphatic rings. The monoisotopic (exact) mass is 403 g/mol. The summed E-state index contributed by atoms with van der Waals surface area (Å²) < 4.78 is 6.79. The number of ether oxygens (including phenoxy) is 1. The van der Waals surface area contributed by atoms with E-state index in [1.165, 1.54) is 10.7 Å². The molecule has 3 aromatic rings. The maximum Gasteiger partial charge on any atom is 0.266 e. The van der Waals surface area contributed by atoms with Crippen LogP contribution in [0.1, 0.15) is 5.56 Å². The number of halogens is 1. The van der Waals surface area contributed by atoms with Gasteiger partial charge < -0.3 is 10.1 Å². The first-order valence-corrected chi connectivity index (χ1v) is 9.56. The van der Waals surface area contributed by atoms with Gasteiger partial charge in [-0.15, -0.1) is 11.3 Å². The van der Waals surface area contributed by atoms with Crippen molar-refractivity contribution in [3.8, 4) is 16.3 Å². The van der Waals surface area contributed by atoms with Crippen molar-refractivity contribution in [1.82, 2.24) is 15.1 Å². The van der Waals surface area contributed by atoms with Crippen LogP contribution in [0.5, 0.6) is 5.75 Å². The van der Waals surface area contributed by atoms with Gasteiger partial charge in [-0.25, -0.2) is 4.68 Å². The minimum Gasteiger partial charge on any atom is -0.484 e. The lowest BCUT2D eigenvalue weighted by atomic mass is 10.2. The van der Waals surface area contributed by atoms with Crippen LogP contribution in [0.4, 0.5) is 0 Å². The molecule has 3 rings (SSSR count). The zero-order valence-electron chi connectivity index (χ0n) is 14.6. The number of hydrogen-bond acceptors (Lipinski definition) is 5. The topological polar surface area (TPSA) is 73.2 Å². The maximum absolute atomic E-state index is 11.9. The summed E-state index contributed by atoms with van der Waals surface area (Å²) in [6, 6.07) is 12.3. The lowest BCUT2D eigenvalue weighted by Crippen LogP contribution is -2.34. The van der Waals surface area contributed by atoms with Gasteiger partial charge in [-0.1, -0.05) is 17.7 Å². The molecule has 0 atom stereocenters. The number of nitrogens with one attached hydrogen (secondary N) is 1. The van der Waals surface area contributed by atoms with Gasteiger partial charge in [-0.3, -0.25) is 9.59 Å². The van der Waals surface area contributed by atoms with E-state index >= 15 is 0 Å². The summed E-state index contributed by atoms with van der Waals surface area (Å²) in [4.78, 5) is 24.9. The summed E-state index contributed by atoms with van der Waals surface area (Å²) in [5.74, 6) is 0.304. The number of aryl methyl sites for hydroxylation is 1. The number of hydrogen-bond donors (Lipinski definition) is 1. The number of amides is 1. The molecule has 140 valence electrons. The van der Waals surface area contributed by atoms with Crippen LogP contribution >= 0.6 is 22.9 Å². The number of benzene rings is 1. The molecule has 0 saturated heterocycles. The van der Waals surface area contributed by atoms with Gasteiger partial charge in [0.2, 0.25) is 0 Å². The number of aromatic nitrogens is 2. The third kappa shape index (κ3) is 5.18. The Hall–Kier alpha value is -2.64. The summed E-state index contributed by atoms with van der Waals surface area (Å²) in [5, 5.41) is 9.67. The summed E-state index contributed by atoms with van der Waals surface area (Å²) in [5.41, 5.74) is 1.40. The lowest BCUT2D eigenvalue weighted by molar-refractivity contribution is -0.123. The molecule has 0 bridgehead atoms. The quantitative estimate of drug-likeness (QED) is 0.657. The predicted octanol–water partition coefficient (Wildman–Crippen LogP) is 3.13. The summed E-state index contributed by atoms with van der Waals surface area (Å²) >= 11 is 7.51. The van der Waals surface area contributed by atoms with Crippen LogP contribution in [0.2, 0.25) is 5.02 Å². The molecule has 27 heavy (non-hydrogen) atoms. The van der Waals surface area contributed by atoms with Gasteiger partial charge in [0.25, 0.3) is 11.5 Å². The summed E-state index contributed by atoms with van der Waals surface area (Å²) in [6.07, 6.45) is 0. The first-order valence-electron chi connectivity index (χ1n) is 8.30. The Morgan fingerprint density at radius 1 is 1.30 bits per heavy atom. The van der Waals surface area contributed by atoms with Crippen LogP contribution in [0.15, 0.2) is 52.6 Å². The van der Waals surface area contributed by atoms with E-state index in [0.717, 1.165) is 16.1 Å². The molecular weight excluding hydrogens is 386 g/mol. The Kier molecular flexibility index (Phi) is 6.26. The molecule has 0 aliphatic heterocycles. The van der Waals surface area contributed by atoms with E-state index < -0.39 is 0 Å². The smallest absolute Gasteiger partial charge is 0.266 e. The van der Waals surface area contributed by atoms with Gasteiger partial charge in [0.1, 0.15) is 11.4 Å². The molecule has 0 aliphatic carbocycles. The minimum atomic E-state index is -0.273. The average molecular weight is 404 g/mol. The van der Waals surface area contributed by atoms with Gasteiger partial charge in [-0.2, -0.15) is 5.10 Å². The van der Waals surface area contributed by atoms with Crippen molar-refractivity contribution < 1.29 is 9.53 Å². The summed E-state index contributed by atoms with van der Waals surface area (Å²) in [6.45, 7) is 2.31. The molecule has 1 amide bonds. The fraction of sp³-hybridized carbons (Fsp3) is 0.211. The first-order chi connectivity index (χ1) is 13.0. The molecule has 1 aromatic carbocycles. The van der Waals surface area contributed by atoms with E-state index in [0.29, 0.717) is 10.8 Å². The highest BCUT2D eigenvalue weighted by Gasteiger charge is 2.07. The van der Waals surface area contributed by atoms with E-state index in [-0.39, 0.29) is 31.2 Å². The lowest BCUT2D eigenvalue weighted by Gasteiger charge is -2.09. The van der Waals surface area contributed by atoms with Crippen molar-refractivity contribution in [2.24, 2.45) is 0 Å². The second-order valence-electron chi connectivity index (χ2n) is 5.81. The third-order valence-electron chi connectivity index (χ3n) is 3.79. The van der Waals surface area contributed by atoms with Gasteiger partial charge >= 0.3 is 0 Å². The highest BCUT2D eigenvalue weighted by atomic mass is 35.5. The molecular formula is C19H18ClN3O3S. The highest BCUT2D eigenvalue weighted by Crippen LogP contribution is 2.21. The molecule has 2 heterocycles. The number of thiophene rings is 1. The van der Waals surface area contributed by atoms with Crippen LogP contribution in [0, 0.1) is 6.92 Å². The fourth-order valence-electron chi connectivity index (χ4n) is 2.37. The Morgan fingerprint density at radius 3 is 2.89 bits per heavy atom. The number of carbonyl (C=O) groups is 1. The highest BCUT2D eigenvalue weighted by molar-refractivity contribution is 7.13. The molecule has 8 heteroatoms. The van der Waals surface area contributed by atoms with E-state index in [2.05, 4.69) is 10.4 Å². The predicted molar refractivity (Wildman–Crippen MR) is 107 cm³/mol. The van der Waals surface area contributed by atoms with Crippen molar-refractivity contribution in [2.45, 2.75) is 13.5 Å². The van der Waals surface area contributed by atoms with Crippen molar-refractivity contribution in [1.29, 1.82) is 0 Å². The van der Waals surface area contributed by atoms with Crippen molar-refractivity contribution in [3.63, 3.8) is 0 Å². The SMILES string of the molecule is Cc1cc(OCC(=O)NCCn2nc(-c3cccs3)ccc2=O)ccc1Cl. The van der Waals surface area contributed by atoms with E-state index in [4.69, 9.17) is 16.3 Å². The molecule has 6 nitrogen and oxygen atoms in total. The standard InChI is InChI=1S/C19H18ClN3O3S/c1-13-11-14(4-5-15(13)20)26-12-18(24)21-8-9-23-19(25)7-6-16(22-23)17-3-2-10-27-17/h2-7,10-11H,8-9,12H2,1H3,(H,21,24). The molecule has 1 N–H and O–H groups in total. The number of rotatable bonds is 7. The Morgan fingerprint density at radius 2 is 2.15 bits per heavy atom. The number of carbonyl (C=O) groups excluding carboxylic acids is 1. The van der Waals surface area contributed by atoms with Crippen LogP contribution in [0.25, 0.3) is 10.6 Å². The maximum atomic E-state index is 11.9. The fourth-order valence-corrected chi connectivity index (χ4v) is 3.18. The minimum absolute atomic E-state index is 0.112. The third-order valence-corrected chi connectivity index (χ3v) is 5.10. The van der Waals surface area contributed by atoms with Crippen LogP contribution < -0.4 is 15.6 Å². The second-order valence-corrected chi connectivity index (χ2v) is 7.16. The molecule has 0 unspecified atom stereocenters. The van der Waals surface area contributed by atoms with Gasteiger partial charge in [0.05, 0.1) is 11.4 Å². The molecule has 2 aromatic heterocycles. The molecule has 0 radical (unpaired) electrons. The van der Waals surface area contributed by atoms with Crippen molar-refractivity contribution in [2.75, 3.05) is 13.2 Å². The van der Waals surface area contributed by atoms with Crippen LogP contribution in [-0.2, 0) is 11.3 Å².